The Hall–Kier alpha value is -2.39. The van der Waals surface area contributed by atoms with Gasteiger partial charge in [-0.3, -0.25) is 0 Å². The molecule has 0 aliphatic heterocycles. The quantitative estimate of drug-likeness (QED) is 0.800. The van der Waals surface area contributed by atoms with Gasteiger partial charge < -0.3 is 10.4 Å². The van der Waals surface area contributed by atoms with Crippen molar-refractivity contribution in [2.75, 3.05) is 7.05 Å². The van der Waals surface area contributed by atoms with Crippen LogP contribution in [0.4, 0.5) is 0 Å². The number of hydrogen-bond donors (Lipinski definition) is 2. The third-order valence-corrected chi connectivity index (χ3v) is 3.46. The molecule has 0 heterocycles. The van der Waals surface area contributed by atoms with Gasteiger partial charge in [-0.1, -0.05) is 66.7 Å². The minimum Gasteiger partial charge on any atom is -0.478 e. The zero-order chi connectivity index (χ0) is 15.1. The summed E-state index contributed by atoms with van der Waals surface area (Å²) in [6.45, 7) is 0. The molecule has 2 aromatic rings. The Morgan fingerprint density at radius 1 is 1.00 bits per heavy atom. The van der Waals surface area contributed by atoms with Gasteiger partial charge in [0.05, 0.1) is 0 Å². The lowest BCUT2D eigenvalue weighted by Gasteiger charge is -2.25. The zero-order valence-corrected chi connectivity index (χ0v) is 11.9. The number of benzene rings is 2. The highest BCUT2D eigenvalue weighted by molar-refractivity contribution is 5.79. The maximum atomic E-state index is 10.8. The number of carboxylic acid groups (broad SMARTS) is 1. The van der Waals surface area contributed by atoms with Crippen molar-refractivity contribution in [1.29, 1.82) is 0 Å². The number of rotatable bonds is 6. The van der Waals surface area contributed by atoms with Crippen molar-refractivity contribution < 1.29 is 9.90 Å². The van der Waals surface area contributed by atoms with Gasteiger partial charge in [0.25, 0.3) is 0 Å². The SMILES string of the molecule is CNC(/C=C/C(=O)O)C(c1ccccc1)c1ccccc1. The van der Waals surface area contributed by atoms with Gasteiger partial charge in [-0.05, 0) is 18.2 Å². The molecule has 0 saturated heterocycles. The molecule has 0 radical (unpaired) electrons. The van der Waals surface area contributed by atoms with Crippen LogP contribution in [0.15, 0.2) is 72.8 Å². The van der Waals surface area contributed by atoms with E-state index in [0.717, 1.165) is 11.1 Å². The highest BCUT2D eigenvalue weighted by atomic mass is 16.4. The largest absolute Gasteiger partial charge is 0.478 e. The summed E-state index contributed by atoms with van der Waals surface area (Å²) in [5, 5.41) is 12.1. The molecule has 0 aromatic heterocycles. The van der Waals surface area contributed by atoms with E-state index >= 15 is 0 Å². The molecule has 0 amide bonds. The van der Waals surface area contributed by atoms with Crippen molar-refractivity contribution in [2.24, 2.45) is 0 Å². The van der Waals surface area contributed by atoms with Gasteiger partial charge in [-0.25, -0.2) is 4.79 Å². The van der Waals surface area contributed by atoms with Crippen LogP contribution in [0.1, 0.15) is 17.0 Å². The smallest absolute Gasteiger partial charge is 0.328 e. The number of likely N-dealkylation sites (N-methyl/N-ethyl adjacent to an activating group) is 1. The Morgan fingerprint density at radius 2 is 1.48 bits per heavy atom. The number of nitrogens with one attached hydrogen (secondary N) is 1. The first-order valence-corrected chi connectivity index (χ1v) is 6.90. The predicted molar refractivity (Wildman–Crippen MR) is 84.4 cm³/mol. The van der Waals surface area contributed by atoms with Crippen LogP contribution in [0, 0.1) is 0 Å². The molecule has 3 heteroatoms. The standard InChI is InChI=1S/C18H19NO2/c1-19-16(12-13-17(20)21)18(14-8-4-2-5-9-14)15-10-6-3-7-11-15/h2-13,16,18-19H,1H3,(H,20,21)/b13-12+. The van der Waals surface area contributed by atoms with Gasteiger partial charge in [0.1, 0.15) is 0 Å². The van der Waals surface area contributed by atoms with E-state index in [9.17, 15) is 4.79 Å². The molecule has 0 aliphatic carbocycles. The second-order valence-corrected chi connectivity index (χ2v) is 4.81. The van der Waals surface area contributed by atoms with Gasteiger partial charge in [-0.15, -0.1) is 0 Å². The topological polar surface area (TPSA) is 49.3 Å². The average molecular weight is 281 g/mol. The van der Waals surface area contributed by atoms with Crippen molar-refractivity contribution in [3.63, 3.8) is 0 Å². The van der Waals surface area contributed by atoms with E-state index in [1.54, 1.807) is 6.08 Å². The van der Waals surface area contributed by atoms with Crippen molar-refractivity contribution in [3.8, 4) is 0 Å². The Kier molecular flexibility index (Phi) is 5.29. The molecule has 0 spiro atoms. The molecule has 21 heavy (non-hydrogen) atoms. The average Bonchev–Trinajstić information content (AvgIpc) is 2.53. The van der Waals surface area contributed by atoms with Crippen LogP contribution in [0.25, 0.3) is 0 Å². The normalized spacial score (nSPS) is 12.7. The molecule has 2 aromatic carbocycles. The van der Waals surface area contributed by atoms with Crippen LogP contribution < -0.4 is 5.32 Å². The van der Waals surface area contributed by atoms with Crippen molar-refractivity contribution in [2.45, 2.75) is 12.0 Å². The number of carboxylic acids is 1. The third kappa shape index (κ3) is 4.04. The van der Waals surface area contributed by atoms with E-state index in [1.165, 1.54) is 6.08 Å². The first-order chi connectivity index (χ1) is 10.2. The van der Waals surface area contributed by atoms with Crippen LogP contribution in [-0.4, -0.2) is 24.2 Å². The molecule has 2 rings (SSSR count). The van der Waals surface area contributed by atoms with Gasteiger partial charge in [0.15, 0.2) is 0 Å². The summed E-state index contributed by atoms with van der Waals surface area (Å²) in [6, 6.07) is 20.1. The number of aliphatic carboxylic acids is 1. The molecule has 0 aliphatic rings. The minimum atomic E-state index is -0.935. The molecule has 3 nitrogen and oxygen atoms in total. The monoisotopic (exact) mass is 281 g/mol. The zero-order valence-electron chi connectivity index (χ0n) is 11.9. The summed E-state index contributed by atoms with van der Waals surface area (Å²) in [5.41, 5.74) is 2.30. The van der Waals surface area contributed by atoms with Crippen molar-refractivity contribution in [3.05, 3.63) is 83.9 Å². The van der Waals surface area contributed by atoms with Crippen LogP contribution in [0.3, 0.4) is 0 Å². The molecular formula is C18H19NO2. The van der Waals surface area contributed by atoms with Gasteiger partial charge in [-0.2, -0.15) is 0 Å². The molecule has 0 saturated carbocycles. The third-order valence-electron chi connectivity index (χ3n) is 3.46. The van der Waals surface area contributed by atoms with E-state index in [2.05, 4.69) is 29.6 Å². The maximum absolute atomic E-state index is 10.8. The minimum absolute atomic E-state index is 0.0630. The van der Waals surface area contributed by atoms with Crippen molar-refractivity contribution in [1.82, 2.24) is 5.32 Å². The lowest BCUT2D eigenvalue weighted by molar-refractivity contribution is -0.131. The van der Waals surface area contributed by atoms with Gasteiger partial charge in [0, 0.05) is 18.0 Å². The summed E-state index contributed by atoms with van der Waals surface area (Å²) in [7, 11) is 1.84. The van der Waals surface area contributed by atoms with Gasteiger partial charge in [0.2, 0.25) is 0 Å². The Labute approximate surface area is 124 Å². The van der Waals surface area contributed by atoms with E-state index in [4.69, 9.17) is 5.11 Å². The van der Waals surface area contributed by atoms with E-state index in [0.29, 0.717) is 0 Å². The Balaban J connectivity index is 2.42. The first-order valence-electron chi connectivity index (χ1n) is 6.90. The van der Waals surface area contributed by atoms with Crippen molar-refractivity contribution >= 4 is 5.97 Å². The molecular weight excluding hydrogens is 262 g/mol. The van der Waals surface area contributed by atoms with E-state index in [1.807, 2.05) is 43.4 Å². The van der Waals surface area contributed by atoms with Crippen LogP contribution >= 0.6 is 0 Å². The number of carbonyl (C=O) groups is 1. The lowest BCUT2D eigenvalue weighted by atomic mass is 9.85. The van der Waals surface area contributed by atoms with Crippen LogP contribution in [0.2, 0.25) is 0 Å². The first kappa shape index (κ1) is 15.0. The fraction of sp³-hybridized carbons (Fsp3) is 0.167. The maximum Gasteiger partial charge on any atom is 0.328 e. The Morgan fingerprint density at radius 3 is 1.86 bits per heavy atom. The fourth-order valence-corrected chi connectivity index (χ4v) is 2.49. The molecule has 2 N–H and O–H groups in total. The second-order valence-electron chi connectivity index (χ2n) is 4.81. The summed E-state index contributed by atoms with van der Waals surface area (Å²) < 4.78 is 0. The Bertz CT molecular complexity index is 554. The highest BCUT2D eigenvalue weighted by Gasteiger charge is 2.21. The predicted octanol–water partition coefficient (Wildman–Crippen LogP) is 3.05. The van der Waals surface area contributed by atoms with E-state index < -0.39 is 5.97 Å². The van der Waals surface area contributed by atoms with Crippen LogP contribution in [0.5, 0.6) is 0 Å². The second kappa shape index (κ2) is 7.41. The molecule has 1 atom stereocenters. The van der Waals surface area contributed by atoms with E-state index in [-0.39, 0.29) is 12.0 Å². The van der Waals surface area contributed by atoms with Crippen LogP contribution in [-0.2, 0) is 4.79 Å². The number of hydrogen-bond acceptors (Lipinski definition) is 2. The molecule has 108 valence electrons. The molecule has 0 bridgehead atoms. The summed E-state index contributed by atoms with van der Waals surface area (Å²) in [5.74, 6) is -0.872. The summed E-state index contributed by atoms with van der Waals surface area (Å²) >= 11 is 0. The summed E-state index contributed by atoms with van der Waals surface area (Å²) in [6.07, 6.45) is 2.90. The lowest BCUT2D eigenvalue weighted by Crippen LogP contribution is -2.31. The van der Waals surface area contributed by atoms with Gasteiger partial charge >= 0.3 is 5.97 Å². The summed E-state index contributed by atoms with van der Waals surface area (Å²) in [4.78, 5) is 10.8. The molecule has 1 unspecified atom stereocenters. The fourth-order valence-electron chi connectivity index (χ4n) is 2.49. The highest BCUT2D eigenvalue weighted by Crippen LogP contribution is 2.28. The molecule has 0 fully saturated rings.